The van der Waals surface area contributed by atoms with E-state index in [0.29, 0.717) is 6.61 Å². The van der Waals surface area contributed by atoms with E-state index in [-0.39, 0.29) is 5.78 Å². The van der Waals surface area contributed by atoms with Crippen LogP contribution in [0, 0.1) is 6.92 Å². The van der Waals surface area contributed by atoms with Gasteiger partial charge in [0.25, 0.3) is 0 Å². The molecule has 2 heteroatoms. The number of aryl methyl sites for hydroxylation is 1. The summed E-state index contributed by atoms with van der Waals surface area (Å²) in [7, 11) is 0. The van der Waals surface area contributed by atoms with Gasteiger partial charge >= 0.3 is 0 Å². The second-order valence-corrected chi connectivity index (χ2v) is 3.72. The Balaban J connectivity index is 2.89. The molecule has 0 saturated heterocycles. The average Bonchev–Trinajstić information content (AvgIpc) is 2.20. The molecule has 0 radical (unpaired) electrons. The maximum Gasteiger partial charge on any atom is 0.163 e. The summed E-state index contributed by atoms with van der Waals surface area (Å²) in [6.45, 7) is 6.24. The number of ether oxygens (including phenoxy) is 1. The molecular formula is C13H18O2. The highest BCUT2D eigenvalue weighted by Crippen LogP contribution is 2.22. The zero-order valence-electron chi connectivity index (χ0n) is 9.62. The summed E-state index contributed by atoms with van der Waals surface area (Å²) in [5.74, 6) is 0.0674. The first-order valence-electron chi connectivity index (χ1n) is 5.34. The number of ketones is 1. The fraction of sp³-hybridized carbons (Fsp3) is 0.462. The first kappa shape index (κ1) is 11.9. The summed E-state index contributed by atoms with van der Waals surface area (Å²) >= 11 is 0. The van der Waals surface area contributed by atoms with Crippen molar-refractivity contribution in [3.05, 3.63) is 35.4 Å². The first-order chi connectivity index (χ1) is 7.16. The Hall–Kier alpha value is -1.15. The Bertz CT molecular complexity index is 331. The molecule has 2 nitrogen and oxygen atoms in total. The summed E-state index contributed by atoms with van der Waals surface area (Å²) < 4.78 is 5.57. The Labute approximate surface area is 91.3 Å². The van der Waals surface area contributed by atoms with Crippen LogP contribution in [0.1, 0.15) is 37.5 Å². The van der Waals surface area contributed by atoms with Crippen LogP contribution in [0.5, 0.6) is 0 Å². The fourth-order valence-electron chi connectivity index (χ4n) is 1.54. The van der Waals surface area contributed by atoms with Crippen molar-refractivity contribution < 1.29 is 9.53 Å². The molecule has 1 unspecified atom stereocenters. The average molecular weight is 206 g/mol. The lowest BCUT2D eigenvalue weighted by molar-refractivity contribution is -0.128. The van der Waals surface area contributed by atoms with Gasteiger partial charge in [0, 0.05) is 6.61 Å². The highest BCUT2D eigenvalue weighted by Gasteiger charge is 2.18. The van der Waals surface area contributed by atoms with Crippen molar-refractivity contribution in [1.82, 2.24) is 0 Å². The molecule has 0 aromatic heterocycles. The van der Waals surface area contributed by atoms with E-state index in [0.717, 1.165) is 17.5 Å². The fourth-order valence-corrected chi connectivity index (χ4v) is 1.54. The zero-order chi connectivity index (χ0) is 11.3. The minimum atomic E-state index is -0.397. The smallest absolute Gasteiger partial charge is 0.163 e. The maximum absolute atomic E-state index is 11.5. The quantitative estimate of drug-likeness (QED) is 0.740. The van der Waals surface area contributed by atoms with Gasteiger partial charge in [-0.2, -0.15) is 0 Å². The van der Waals surface area contributed by atoms with Crippen molar-refractivity contribution in [2.24, 2.45) is 0 Å². The van der Waals surface area contributed by atoms with Gasteiger partial charge in [-0.15, -0.1) is 0 Å². The SMILES string of the molecule is CCCOC(C(C)=O)c1ccccc1C. The monoisotopic (exact) mass is 206 g/mol. The van der Waals surface area contributed by atoms with Crippen LogP contribution in [-0.4, -0.2) is 12.4 Å². The number of hydrogen-bond donors (Lipinski definition) is 0. The van der Waals surface area contributed by atoms with Crippen molar-refractivity contribution in [1.29, 1.82) is 0 Å². The summed E-state index contributed by atoms with van der Waals surface area (Å²) in [4.78, 5) is 11.5. The first-order valence-corrected chi connectivity index (χ1v) is 5.34. The zero-order valence-corrected chi connectivity index (χ0v) is 9.62. The lowest BCUT2D eigenvalue weighted by atomic mass is 10.0. The van der Waals surface area contributed by atoms with E-state index in [9.17, 15) is 4.79 Å². The van der Waals surface area contributed by atoms with E-state index in [2.05, 4.69) is 0 Å². The molecule has 1 aromatic carbocycles. The van der Waals surface area contributed by atoms with Crippen LogP contribution in [0.2, 0.25) is 0 Å². The van der Waals surface area contributed by atoms with Gasteiger partial charge in [0.2, 0.25) is 0 Å². The number of hydrogen-bond acceptors (Lipinski definition) is 2. The summed E-state index contributed by atoms with van der Waals surface area (Å²) in [6, 6.07) is 7.86. The Morgan fingerprint density at radius 3 is 2.60 bits per heavy atom. The molecule has 1 aromatic rings. The van der Waals surface area contributed by atoms with Crippen molar-refractivity contribution in [3.63, 3.8) is 0 Å². The van der Waals surface area contributed by atoms with Crippen molar-refractivity contribution in [2.75, 3.05) is 6.61 Å². The highest BCUT2D eigenvalue weighted by atomic mass is 16.5. The van der Waals surface area contributed by atoms with E-state index in [1.54, 1.807) is 6.92 Å². The van der Waals surface area contributed by atoms with Gasteiger partial charge in [-0.25, -0.2) is 0 Å². The lowest BCUT2D eigenvalue weighted by Crippen LogP contribution is -2.14. The molecule has 1 rings (SSSR count). The Morgan fingerprint density at radius 1 is 1.40 bits per heavy atom. The molecule has 0 aliphatic carbocycles. The Morgan fingerprint density at radius 2 is 2.07 bits per heavy atom. The molecule has 1 atom stereocenters. The Kier molecular flexibility index (Phi) is 4.50. The van der Waals surface area contributed by atoms with Crippen LogP contribution >= 0.6 is 0 Å². The number of carbonyl (C=O) groups excluding carboxylic acids is 1. The highest BCUT2D eigenvalue weighted by molar-refractivity contribution is 5.82. The van der Waals surface area contributed by atoms with Gasteiger partial charge in [-0.1, -0.05) is 31.2 Å². The van der Waals surface area contributed by atoms with Crippen LogP contribution < -0.4 is 0 Å². The van der Waals surface area contributed by atoms with Crippen molar-refractivity contribution in [3.8, 4) is 0 Å². The topological polar surface area (TPSA) is 26.3 Å². The van der Waals surface area contributed by atoms with E-state index in [1.807, 2.05) is 38.1 Å². The molecule has 15 heavy (non-hydrogen) atoms. The standard InChI is InChI=1S/C13H18O2/c1-4-9-15-13(11(3)14)12-8-6-5-7-10(12)2/h5-8,13H,4,9H2,1-3H3. The van der Waals surface area contributed by atoms with Gasteiger partial charge in [-0.05, 0) is 31.4 Å². The minimum Gasteiger partial charge on any atom is -0.366 e. The van der Waals surface area contributed by atoms with Gasteiger partial charge in [0.05, 0.1) is 0 Å². The molecule has 0 amide bonds. The van der Waals surface area contributed by atoms with Crippen LogP contribution in [-0.2, 0) is 9.53 Å². The minimum absolute atomic E-state index is 0.0674. The largest absolute Gasteiger partial charge is 0.366 e. The lowest BCUT2D eigenvalue weighted by Gasteiger charge is -2.16. The normalized spacial score (nSPS) is 12.5. The third-order valence-electron chi connectivity index (χ3n) is 2.33. The molecule has 0 aliphatic heterocycles. The molecule has 0 spiro atoms. The van der Waals surface area contributed by atoms with Gasteiger partial charge in [0.1, 0.15) is 6.10 Å². The van der Waals surface area contributed by atoms with Crippen LogP contribution in [0.3, 0.4) is 0 Å². The number of Topliss-reactive ketones (excluding diaryl/α,β-unsaturated/α-hetero) is 1. The van der Waals surface area contributed by atoms with Crippen LogP contribution in [0.25, 0.3) is 0 Å². The van der Waals surface area contributed by atoms with Gasteiger partial charge in [-0.3, -0.25) is 4.79 Å². The number of carbonyl (C=O) groups is 1. The number of benzene rings is 1. The van der Waals surface area contributed by atoms with Crippen LogP contribution in [0.4, 0.5) is 0 Å². The predicted molar refractivity (Wildman–Crippen MR) is 60.8 cm³/mol. The molecule has 0 aliphatic rings. The van der Waals surface area contributed by atoms with E-state index < -0.39 is 6.10 Å². The number of rotatable bonds is 5. The molecule has 0 saturated carbocycles. The third kappa shape index (κ3) is 3.17. The van der Waals surface area contributed by atoms with E-state index in [4.69, 9.17) is 4.74 Å². The summed E-state index contributed by atoms with van der Waals surface area (Å²) in [5.41, 5.74) is 2.09. The molecule has 0 fully saturated rings. The van der Waals surface area contributed by atoms with Gasteiger partial charge < -0.3 is 4.74 Å². The summed E-state index contributed by atoms with van der Waals surface area (Å²) in [5, 5.41) is 0. The van der Waals surface area contributed by atoms with E-state index in [1.165, 1.54) is 0 Å². The maximum atomic E-state index is 11.5. The summed E-state index contributed by atoms with van der Waals surface area (Å²) in [6.07, 6.45) is 0.529. The van der Waals surface area contributed by atoms with E-state index >= 15 is 0 Å². The second kappa shape index (κ2) is 5.66. The molecule has 82 valence electrons. The molecule has 0 N–H and O–H groups in total. The molecule has 0 heterocycles. The van der Waals surface area contributed by atoms with Gasteiger partial charge in [0.15, 0.2) is 5.78 Å². The third-order valence-corrected chi connectivity index (χ3v) is 2.33. The molecule has 0 bridgehead atoms. The van der Waals surface area contributed by atoms with Crippen LogP contribution in [0.15, 0.2) is 24.3 Å². The second-order valence-electron chi connectivity index (χ2n) is 3.72. The van der Waals surface area contributed by atoms with Crippen molar-refractivity contribution in [2.45, 2.75) is 33.3 Å². The predicted octanol–water partition coefficient (Wildman–Crippen LogP) is 3.05. The molecular weight excluding hydrogens is 188 g/mol. The van der Waals surface area contributed by atoms with Crippen molar-refractivity contribution >= 4 is 5.78 Å².